The van der Waals surface area contributed by atoms with E-state index in [9.17, 15) is 55.4 Å². The van der Waals surface area contributed by atoms with Crippen molar-refractivity contribution in [3.8, 4) is 34.8 Å². The van der Waals surface area contributed by atoms with Crippen molar-refractivity contribution in [2.75, 3.05) is 81.8 Å². The zero-order valence-corrected chi connectivity index (χ0v) is 55.9. The lowest BCUT2D eigenvalue weighted by Gasteiger charge is -2.35. The van der Waals surface area contributed by atoms with Crippen LogP contribution in [0.5, 0.6) is 34.8 Å². The van der Waals surface area contributed by atoms with Gasteiger partial charge in [0.05, 0.1) is 59.7 Å². The molecule has 0 aliphatic carbocycles. The number of amides is 4. The third-order valence-corrected chi connectivity index (χ3v) is 14.3. The number of sulfonamides is 1. The fourth-order valence-electron chi connectivity index (χ4n) is 7.00. The first kappa shape index (κ1) is 78.9. The molecule has 508 valence electrons. The number of carboxylic acids is 1. The van der Waals surface area contributed by atoms with Crippen LogP contribution in [-0.4, -0.2) is 166 Å². The van der Waals surface area contributed by atoms with E-state index in [1.54, 1.807) is 16.5 Å². The lowest BCUT2D eigenvalue weighted by atomic mass is 10.1. The topological polar surface area (TPSA) is 407 Å². The smallest absolute Gasteiger partial charge is 0.416 e. The third-order valence-electron chi connectivity index (χ3n) is 11.1. The SMILES string of the molecule is CC1COc2ccccc2N1C(=O)C(Cl)Cl.CCNc1nc(Cl)nc(NC(C)C)n1.CCOc1cc(Oc2ccc(C(F)(F)F)cc2Cl)ccc1[N+](=O)[O-].COc1cc(OC)nc(NC(=O)NS(=O)(=O)c2ncccc2C(=O)N(C)C)n1.CP(=O)(O)CCC(N)C(=O)O. The molecule has 0 spiro atoms. The van der Waals surface area contributed by atoms with Gasteiger partial charge in [-0.3, -0.25) is 34.4 Å². The van der Waals surface area contributed by atoms with Crippen LogP contribution in [0.4, 0.5) is 47.2 Å². The number of carbonyl (C=O) groups excluding carboxylic acids is 3. The van der Waals surface area contributed by atoms with E-state index in [0.717, 1.165) is 30.4 Å². The second-order valence-corrected chi connectivity index (χ2v) is 25.2. The van der Waals surface area contributed by atoms with Crippen LogP contribution < -0.4 is 55.0 Å². The van der Waals surface area contributed by atoms with Crippen LogP contribution in [0.15, 0.2) is 90.1 Å². The van der Waals surface area contributed by atoms with E-state index in [0.29, 0.717) is 24.3 Å². The molecule has 6 aromatic rings. The molecule has 3 aromatic heterocycles. The van der Waals surface area contributed by atoms with Crippen LogP contribution >= 0.6 is 53.8 Å². The van der Waals surface area contributed by atoms with Crippen molar-refractivity contribution in [3.05, 3.63) is 117 Å². The Morgan fingerprint density at radius 2 is 1.56 bits per heavy atom. The first-order chi connectivity index (χ1) is 43.4. The van der Waals surface area contributed by atoms with Crippen molar-refractivity contribution >= 4 is 117 Å². The van der Waals surface area contributed by atoms with Crippen molar-refractivity contribution in [1.82, 2.24) is 39.5 Å². The number of carbonyl (C=O) groups is 4. The number of hydrogen-bond donors (Lipinski definition) is 7. The largest absolute Gasteiger partial charge is 0.489 e. The summed E-state index contributed by atoms with van der Waals surface area (Å²) in [7, 11) is -1.95. The summed E-state index contributed by atoms with van der Waals surface area (Å²) < 4.78 is 101. The zero-order chi connectivity index (χ0) is 70.1. The number of ether oxygens (including phenoxy) is 5. The van der Waals surface area contributed by atoms with Gasteiger partial charge in [0.1, 0.15) is 29.9 Å². The number of aliphatic carboxylic acids is 1. The Morgan fingerprint density at radius 3 is 2.10 bits per heavy atom. The van der Waals surface area contributed by atoms with Crippen molar-refractivity contribution in [3.63, 3.8) is 0 Å². The van der Waals surface area contributed by atoms with Crippen LogP contribution in [-0.2, 0) is 30.4 Å². The van der Waals surface area contributed by atoms with Gasteiger partial charge in [0, 0.05) is 57.8 Å². The van der Waals surface area contributed by atoms with Crippen molar-refractivity contribution < 1.29 is 83.9 Å². The fourth-order valence-corrected chi connectivity index (χ4v) is 9.38. The number of nitrogens with zero attached hydrogens (tertiary/aromatic N) is 9. The minimum Gasteiger partial charge on any atom is -0.489 e. The van der Waals surface area contributed by atoms with E-state index in [1.807, 2.05) is 52.0 Å². The van der Waals surface area contributed by atoms with Gasteiger partial charge in [-0.1, -0.05) is 46.9 Å². The highest BCUT2D eigenvalue weighted by Gasteiger charge is 2.33. The van der Waals surface area contributed by atoms with E-state index in [2.05, 4.69) is 45.9 Å². The monoisotopic (exact) mass is 1430 g/mol. The number of aromatic nitrogens is 6. The normalized spacial score (nSPS) is 13.2. The molecule has 3 atom stereocenters. The highest BCUT2D eigenvalue weighted by Crippen LogP contribution is 2.40. The van der Waals surface area contributed by atoms with E-state index in [1.165, 1.54) is 82.5 Å². The maximum absolute atomic E-state index is 12.6. The molecule has 0 bridgehead atoms. The number of pyridine rings is 1. The van der Waals surface area contributed by atoms with Crippen LogP contribution in [0.1, 0.15) is 57.0 Å². The fraction of sp³-hybridized carbons (Fsp3) is 0.370. The summed E-state index contributed by atoms with van der Waals surface area (Å²) in [6.45, 7) is 12.1. The minimum atomic E-state index is -4.52. The van der Waals surface area contributed by atoms with E-state index >= 15 is 0 Å². The average Bonchev–Trinajstić information content (AvgIpc) is 0.847. The van der Waals surface area contributed by atoms with Crippen LogP contribution in [0, 0.1) is 10.1 Å². The van der Waals surface area contributed by atoms with Crippen molar-refractivity contribution in [2.45, 2.75) is 75.2 Å². The van der Waals surface area contributed by atoms with Crippen LogP contribution in [0.2, 0.25) is 10.3 Å². The Labute approximate surface area is 551 Å². The number of urea groups is 1. The van der Waals surface area contributed by atoms with Gasteiger partial charge in [0.15, 0.2) is 17.2 Å². The number of hydrogen-bond acceptors (Lipinski definition) is 23. The number of nitrogens with two attached hydrogens (primary N) is 1. The molecule has 30 nitrogen and oxygen atoms in total. The van der Waals surface area contributed by atoms with E-state index in [4.69, 9.17) is 85.8 Å². The number of fused-ring (bicyclic) bond motifs is 1. The molecule has 0 saturated carbocycles. The molecule has 7 rings (SSSR count). The van der Waals surface area contributed by atoms with Crippen LogP contribution in [0.3, 0.4) is 0 Å². The summed E-state index contributed by atoms with van der Waals surface area (Å²) in [6.07, 6.45) is -3.33. The van der Waals surface area contributed by atoms with Crippen LogP contribution in [0.25, 0.3) is 0 Å². The highest BCUT2D eigenvalue weighted by atomic mass is 35.5. The van der Waals surface area contributed by atoms with Gasteiger partial charge in [0.2, 0.25) is 40.6 Å². The Hall–Kier alpha value is -8.37. The minimum absolute atomic E-state index is 0.0111. The maximum atomic E-state index is 12.6. The number of alkyl halides is 5. The second-order valence-electron chi connectivity index (χ2n) is 19.2. The van der Waals surface area contributed by atoms with Gasteiger partial charge in [-0.2, -0.15) is 46.5 Å². The molecule has 1 aliphatic heterocycles. The standard InChI is InChI=1S/C15H11ClF3NO4.C15H18N6O6S.C11H11Cl2NO2.C8H14ClN5.C5H12NO4P/c1-2-23-14-8-10(4-5-12(14)20(21)22)24-13-6-3-9(7-11(13)16)15(17,18)19;1-21(2)13(22)9-6-5-7-16-12(9)28(24,25)20-15(23)19-14-17-10(26-3)8-11(18-14)27-4;1-7-6-16-9-5-3-2-4-8(9)14(7)11(15)10(12)13;1-4-10-7-12-6(9)13-8(14-7)11-5(2)3;1-11(9,10)3-2-4(6)5(7)8/h3-8H,2H2,1H3;5-8H,1-4H3,(H2,17,18,19,20,23);2-5,7,10H,6H2,1H3;5H,4H2,1-3H3,(H2,10,11,12,13,14);4H,2-3,6H2,1H3,(H,7,8)(H,9,10). The molecule has 0 radical (unpaired) electrons. The molecule has 4 heterocycles. The summed E-state index contributed by atoms with van der Waals surface area (Å²) in [5.41, 5.74) is 4.47. The summed E-state index contributed by atoms with van der Waals surface area (Å²) in [4.78, 5) is 90.5. The number of anilines is 4. The molecule has 93 heavy (non-hydrogen) atoms. The number of halogens is 7. The van der Waals surface area contributed by atoms with Gasteiger partial charge in [-0.15, -0.1) is 0 Å². The van der Waals surface area contributed by atoms with Crippen molar-refractivity contribution in [2.24, 2.45) is 5.73 Å². The Balaban J connectivity index is 0.000000315. The number of nitro groups is 1. The lowest BCUT2D eigenvalue weighted by molar-refractivity contribution is -0.385. The lowest BCUT2D eigenvalue weighted by Crippen LogP contribution is -2.47. The molecule has 1 aliphatic rings. The number of nitro benzene ring substituents is 1. The van der Waals surface area contributed by atoms with Gasteiger partial charge in [0.25, 0.3) is 21.8 Å². The van der Waals surface area contributed by atoms with Crippen molar-refractivity contribution in [1.29, 1.82) is 0 Å². The van der Waals surface area contributed by atoms with Gasteiger partial charge >= 0.3 is 23.9 Å². The van der Waals surface area contributed by atoms with E-state index in [-0.39, 0.29) is 93.7 Å². The molecule has 4 amide bonds. The van der Waals surface area contributed by atoms with Gasteiger partial charge in [-0.05, 0) is 101 Å². The summed E-state index contributed by atoms with van der Waals surface area (Å²) >= 11 is 22.8. The number of para-hydroxylation sites is 2. The summed E-state index contributed by atoms with van der Waals surface area (Å²) in [5, 5.41) is 26.7. The van der Waals surface area contributed by atoms with E-state index < -0.39 is 67.9 Å². The molecule has 8 N–H and O–H groups in total. The molecule has 3 unspecified atom stereocenters. The average molecular weight is 1430 g/mol. The summed E-state index contributed by atoms with van der Waals surface area (Å²) in [5.74, 6) is -0.319. The van der Waals surface area contributed by atoms with Gasteiger partial charge in [-0.25, -0.2) is 14.5 Å². The predicted molar refractivity (Wildman–Crippen MR) is 341 cm³/mol. The molecule has 3 aromatic carbocycles. The quantitative estimate of drug-likeness (QED) is 0.0162. The highest BCUT2D eigenvalue weighted by molar-refractivity contribution is 7.90. The Morgan fingerprint density at radius 1 is 0.925 bits per heavy atom. The molecule has 0 fully saturated rings. The zero-order valence-electron chi connectivity index (χ0n) is 51.1. The number of carboxylic acid groups (broad SMARTS) is 1. The number of rotatable bonds is 20. The predicted octanol–water partition coefficient (Wildman–Crippen LogP) is 9.63. The number of methoxy groups -OCH3 is 2. The first-order valence-corrected chi connectivity index (χ1v) is 32.3. The maximum Gasteiger partial charge on any atom is 0.416 e. The number of nitrogens with one attached hydrogen (secondary N) is 4. The van der Waals surface area contributed by atoms with Gasteiger partial charge < -0.3 is 59.9 Å². The molecule has 39 heteroatoms. The molecular weight excluding hydrogens is 1360 g/mol. The third kappa shape index (κ3) is 26.3. The first-order valence-electron chi connectivity index (χ1n) is 26.9. The Kier molecular flexibility index (Phi) is 31.2. The Bertz CT molecular complexity index is 3680. The summed E-state index contributed by atoms with van der Waals surface area (Å²) in [6, 6.07) is 15.8. The number of benzene rings is 3. The molecule has 0 saturated heterocycles. The second kappa shape index (κ2) is 36.8. The molecular formula is C54H66Cl4F3N14O16PS.